The first-order chi connectivity index (χ1) is 11.1. The van der Waals surface area contributed by atoms with E-state index in [0.29, 0.717) is 10.6 Å². The Morgan fingerprint density at radius 2 is 1.83 bits per heavy atom. The fourth-order valence-corrected chi connectivity index (χ4v) is 2.74. The summed E-state index contributed by atoms with van der Waals surface area (Å²) in [6.07, 6.45) is 3.37. The standard InChI is InChI=1S/C17H21ClN2O3/c18-14-6-4-5-13(11-14)15(21)7-8-16(22)19-12-17(23)20-9-2-1-3-10-20/h4-6,11H,1-3,7-10,12H2,(H,19,22). The number of carbonyl (C=O) groups excluding carboxylic acids is 3. The number of Topliss-reactive ketones (excluding diaryl/α,β-unsaturated/α-hetero) is 1. The molecule has 1 aromatic carbocycles. The van der Waals surface area contributed by atoms with Crippen LogP contribution in [0.15, 0.2) is 24.3 Å². The predicted octanol–water partition coefficient (Wildman–Crippen LogP) is 2.43. The number of likely N-dealkylation sites (tertiary alicyclic amines) is 1. The minimum Gasteiger partial charge on any atom is -0.347 e. The Labute approximate surface area is 141 Å². The number of nitrogens with one attached hydrogen (secondary N) is 1. The summed E-state index contributed by atoms with van der Waals surface area (Å²) in [5.41, 5.74) is 0.495. The number of halogens is 1. The van der Waals surface area contributed by atoms with E-state index in [-0.39, 0.29) is 37.0 Å². The maximum atomic E-state index is 12.0. The van der Waals surface area contributed by atoms with Gasteiger partial charge in [-0.15, -0.1) is 0 Å². The average Bonchev–Trinajstić information content (AvgIpc) is 2.58. The van der Waals surface area contributed by atoms with E-state index in [4.69, 9.17) is 11.6 Å². The van der Waals surface area contributed by atoms with E-state index in [0.717, 1.165) is 32.4 Å². The molecule has 0 saturated carbocycles. The third-order valence-corrected chi connectivity index (χ3v) is 4.11. The summed E-state index contributed by atoms with van der Waals surface area (Å²) in [5, 5.41) is 3.08. The topological polar surface area (TPSA) is 66.5 Å². The molecule has 0 aliphatic carbocycles. The third-order valence-electron chi connectivity index (χ3n) is 3.87. The van der Waals surface area contributed by atoms with Gasteiger partial charge < -0.3 is 10.2 Å². The Kier molecular flexibility index (Phi) is 6.59. The van der Waals surface area contributed by atoms with Crippen molar-refractivity contribution >= 4 is 29.2 Å². The maximum absolute atomic E-state index is 12.0. The summed E-state index contributed by atoms with van der Waals surface area (Å²) < 4.78 is 0. The molecule has 1 aromatic rings. The molecule has 1 heterocycles. The van der Waals surface area contributed by atoms with Gasteiger partial charge in [0, 0.05) is 36.5 Å². The lowest BCUT2D eigenvalue weighted by Crippen LogP contribution is -2.42. The van der Waals surface area contributed by atoms with Gasteiger partial charge in [0.25, 0.3) is 0 Å². The van der Waals surface area contributed by atoms with Crippen LogP contribution in [0, 0.1) is 0 Å². The number of nitrogens with zero attached hydrogens (tertiary/aromatic N) is 1. The van der Waals surface area contributed by atoms with Crippen LogP contribution < -0.4 is 5.32 Å². The fourth-order valence-electron chi connectivity index (χ4n) is 2.55. The summed E-state index contributed by atoms with van der Waals surface area (Å²) >= 11 is 5.84. The van der Waals surface area contributed by atoms with E-state index in [1.807, 2.05) is 0 Å². The molecule has 1 fully saturated rings. The molecule has 0 unspecified atom stereocenters. The van der Waals surface area contributed by atoms with Crippen molar-refractivity contribution in [2.75, 3.05) is 19.6 Å². The SMILES string of the molecule is O=C(CCC(=O)c1cccc(Cl)c1)NCC(=O)N1CCCCC1. The van der Waals surface area contributed by atoms with Crippen molar-refractivity contribution < 1.29 is 14.4 Å². The second kappa shape index (κ2) is 8.67. The lowest BCUT2D eigenvalue weighted by atomic mass is 10.1. The highest BCUT2D eigenvalue weighted by atomic mass is 35.5. The van der Waals surface area contributed by atoms with Crippen LogP contribution in [0.4, 0.5) is 0 Å². The smallest absolute Gasteiger partial charge is 0.241 e. The van der Waals surface area contributed by atoms with Crippen LogP contribution in [0.25, 0.3) is 0 Å². The highest BCUT2D eigenvalue weighted by molar-refractivity contribution is 6.31. The first-order valence-electron chi connectivity index (χ1n) is 7.89. The number of hydrogen-bond acceptors (Lipinski definition) is 3. The molecule has 1 aliphatic heterocycles. The minimum absolute atomic E-state index is 0.00416. The minimum atomic E-state index is -0.286. The second-order valence-corrected chi connectivity index (χ2v) is 6.09. The predicted molar refractivity (Wildman–Crippen MR) is 88.5 cm³/mol. The number of carbonyl (C=O) groups is 3. The van der Waals surface area contributed by atoms with Gasteiger partial charge in [-0.25, -0.2) is 0 Å². The molecular formula is C17H21ClN2O3. The number of rotatable bonds is 6. The Hall–Kier alpha value is -1.88. The van der Waals surface area contributed by atoms with Crippen molar-refractivity contribution in [2.45, 2.75) is 32.1 Å². The zero-order valence-corrected chi connectivity index (χ0v) is 13.8. The largest absolute Gasteiger partial charge is 0.347 e. The molecule has 6 heteroatoms. The van der Waals surface area contributed by atoms with Crippen molar-refractivity contribution in [3.05, 3.63) is 34.9 Å². The lowest BCUT2D eigenvalue weighted by molar-refractivity contribution is -0.133. The van der Waals surface area contributed by atoms with Gasteiger partial charge in [-0.2, -0.15) is 0 Å². The van der Waals surface area contributed by atoms with Gasteiger partial charge in [0.2, 0.25) is 11.8 Å². The summed E-state index contributed by atoms with van der Waals surface area (Å²) in [6, 6.07) is 6.65. The highest BCUT2D eigenvalue weighted by Gasteiger charge is 2.17. The molecule has 1 saturated heterocycles. The molecule has 0 radical (unpaired) electrons. The summed E-state index contributed by atoms with van der Waals surface area (Å²) in [4.78, 5) is 37.5. The van der Waals surface area contributed by atoms with Gasteiger partial charge in [-0.3, -0.25) is 14.4 Å². The monoisotopic (exact) mass is 336 g/mol. The number of amides is 2. The molecule has 1 aliphatic rings. The zero-order chi connectivity index (χ0) is 16.7. The number of benzene rings is 1. The molecule has 1 N–H and O–H groups in total. The average molecular weight is 337 g/mol. The Morgan fingerprint density at radius 1 is 1.09 bits per heavy atom. The van der Waals surface area contributed by atoms with E-state index in [9.17, 15) is 14.4 Å². The van der Waals surface area contributed by atoms with E-state index >= 15 is 0 Å². The Bertz CT molecular complexity index is 583. The van der Waals surface area contributed by atoms with E-state index < -0.39 is 0 Å². The Morgan fingerprint density at radius 3 is 2.52 bits per heavy atom. The van der Waals surface area contributed by atoms with Crippen LogP contribution in [-0.4, -0.2) is 42.1 Å². The first-order valence-corrected chi connectivity index (χ1v) is 8.27. The molecule has 0 bridgehead atoms. The summed E-state index contributed by atoms with van der Waals surface area (Å²) in [7, 11) is 0. The van der Waals surface area contributed by atoms with Crippen LogP contribution in [0.3, 0.4) is 0 Å². The van der Waals surface area contributed by atoms with Gasteiger partial charge in [0.15, 0.2) is 5.78 Å². The van der Waals surface area contributed by atoms with Crippen molar-refractivity contribution in [2.24, 2.45) is 0 Å². The molecular weight excluding hydrogens is 316 g/mol. The van der Waals surface area contributed by atoms with E-state index in [1.165, 1.54) is 0 Å². The van der Waals surface area contributed by atoms with Gasteiger partial charge in [0.05, 0.1) is 6.54 Å². The van der Waals surface area contributed by atoms with Crippen molar-refractivity contribution in [1.29, 1.82) is 0 Å². The molecule has 23 heavy (non-hydrogen) atoms. The number of ketones is 1. The highest BCUT2D eigenvalue weighted by Crippen LogP contribution is 2.13. The number of hydrogen-bond donors (Lipinski definition) is 1. The molecule has 0 atom stereocenters. The quantitative estimate of drug-likeness (QED) is 0.811. The lowest BCUT2D eigenvalue weighted by Gasteiger charge is -2.26. The van der Waals surface area contributed by atoms with Crippen molar-refractivity contribution in [3.63, 3.8) is 0 Å². The van der Waals surface area contributed by atoms with Crippen LogP contribution in [0.1, 0.15) is 42.5 Å². The first kappa shape index (κ1) is 17.5. The van der Waals surface area contributed by atoms with Gasteiger partial charge in [0.1, 0.15) is 0 Å². The van der Waals surface area contributed by atoms with Gasteiger partial charge >= 0.3 is 0 Å². The van der Waals surface area contributed by atoms with Gasteiger partial charge in [-0.05, 0) is 31.4 Å². The van der Waals surface area contributed by atoms with Crippen LogP contribution >= 0.6 is 11.6 Å². The van der Waals surface area contributed by atoms with E-state index in [1.54, 1.807) is 29.2 Å². The molecule has 124 valence electrons. The van der Waals surface area contributed by atoms with Crippen LogP contribution in [-0.2, 0) is 9.59 Å². The summed E-state index contributed by atoms with van der Waals surface area (Å²) in [6.45, 7) is 1.54. The third kappa shape index (κ3) is 5.67. The summed E-state index contributed by atoms with van der Waals surface area (Å²) in [5.74, 6) is -0.477. The maximum Gasteiger partial charge on any atom is 0.241 e. The second-order valence-electron chi connectivity index (χ2n) is 5.65. The number of piperidine rings is 1. The zero-order valence-electron chi connectivity index (χ0n) is 13.0. The molecule has 2 amide bonds. The molecule has 0 spiro atoms. The van der Waals surface area contributed by atoms with Crippen molar-refractivity contribution in [3.8, 4) is 0 Å². The Balaban J connectivity index is 1.70. The van der Waals surface area contributed by atoms with Crippen molar-refractivity contribution in [1.82, 2.24) is 10.2 Å². The normalized spacial score (nSPS) is 14.4. The van der Waals surface area contributed by atoms with Crippen LogP contribution in [0.2, 0.25) is 5.02 Å². The molecule has 0 aromatic heterocycles. The van der Waals surface area contributed by atoms with E-state index in [2.05, 4.69) is 5.32 Å². The molecule has 2 rings (SSSR count). The van der Waals surface area contributed by atoms with Crippen LogP contribution in [0.5, 0.6) is 0 Å². The molecule has 5 nitrogen and oxygen atoms in total. The van der Waals surface area contributed by atoms with Gasteiger partial charge in [-0.1, -0.05) is 23.7 Å². The fraction of sp³-hybridized carbons (Fsp3) is 0.471.